The van der Waals surface area contributed by atoms with Gasteiger partial charge < -0.3 is 10.6 Å². The van der Waals surface area contributed by atoms with E-state index < -0.39 is 23.4 Å². The molecule has 2 N–H and O–H groups in total. The third-order valence-corrected chi connectivity index (χ3v) is 5.46. The average Bonchev–Trinajstić information content (AvgIpc) is 3.16. The highest BCUT2D eigenvalue weighted by Crippen LogP contribution is 2.20. The van der Waals surface area contributed by atoms with Crippen LogP contribution < -0.4 is 10.6 Å². The summed E-state index contributed by atoms with van der Waals surface area (Å²) >= 11 is 1.75. The molecule has 2 heterocycles. The quantitative estimate of drug-likeness (QED) is 0.768. The monoisotopic (exact) mass is 393 g/mol. The van der Waals surface area contributed by atoms with Crippen molar-refractivity contribution >= 4 is 28.8 Å². The second-order valence-electron chi connectivity index (χ2n) is 6.59. The first-order valence-corrected chi connectivity index (χ1v) is 9.68. The van der Waals surface area contributed by atoms with Gasteiger partial charge in [0.2, 0.25) is 0 Å². The van der Waals surface area contributed by atoms with E-state index in [1.54, 1.807) is 11.3 Å². The minimum atomic E-state index is -0.962. The predicted molar refractivity (Wildman–Crippen MR) is 100 cm³/mol. The van der Waals surface area contributed by atoms with E-state index in [1.807, 2.05) is 6.07 Å². The highest BCUT2D eigenvalue weighted by Gasteiger charge is 2.22. The molecular weight excluding hydrogens is 372 g/mol. The molecule has 1 aliphatic rings. The van der Waals surface area contributed by atoms with Gasteiger partial charge in [-0.15, -0.1) is 11.3 Å². The van der Waals surface area contributed by atoms with Crippen LogP contribution in [-0.4, -0.2) is 36.3 Å². The molecule has 1 fully saturated rings. The lowest BCUT2D eigenvalue weighted by Crippen LogP contribution is -2.41. The smallest absolute Gasteiger partial charge is 0.313 e. The fourth-order valence-electron chi connectivity index (χ4n) is 3.06. The van der Waals surface area contributed by atoms with Gasteiger partial charge >= 0.3 is 11.8 Å². The van der Waals surface area contributed by atoms with E-state index in [1.165, 1.54) is 4.88 Å². The summed E-state index contributed by atoms with van der Waals surface area (Å²) in [5.41, 5.74) is -0.224. The van der Waals surface area contributed by atoms with Crippen LogP contribution in [0.25, 0.3) is 0 Å². The Kier molecular flexibility index (Phi) is 6.52. The van der Waals surface area contributed by atoms with Crippen LogP contribution in [0, 0.1) is 17.6 Å². The van der Waals surface area contributed by atoms with Crippen LogP contribution in [0.2, 0.25) is 0 Å². The van der Waals surface area contributed by atoms with Crippen molar-refractivity contribution in [3.63, 3.8) is 0 Å². The van der Waals surface area contributed by atoms with E-state index in [2.05, 4.69) is 27.0 Å². The number of rotatable bonds is 5. The summed E-state index contributed by atoms with van der Waals surface area (Å²) < 4.78 is 26.4. The van der Waals surface area contributed by atoms with Crippen molar-refractivity contribution in [1.82, 2.24) is 10.2 Å². The number of carbonyl (C=O) groups excluding carboxylic acids is 2. The minimum Gasteiger partial charge on any atom is -0.348 e. The standard InChI is InChI=1S/C19H21F2N3O2S/c20-14-3-4-17(16(21)10-14)23-19(26)18(25)22-11-13-5-7-24(8-6-13)12-15-2-1-9-27-15/h1-4,9-10,13H,5-8,11-12H2,(H,22,25)(H,23,26). The third-order valence-electron chi connectivity index (χ3n) is 4.60. The van der Waals surface area contributed by atoms with Crippen LogP contribution in [0.15, 0.2) is 35.7 Å². The lowest BCUT2D eigenvalue weighted by atomic mass is 9.97. The Labute approximate surface area is 160 Å². The second-order valence-corrected chi connectivity index (χ2v) is 7.62. The molecular formula is C19H21F2N3O2S. The first kappa shape index (κ1) is 19.4. The average molecular weight is 393 g/mol. The number of likely N-dealkylation sites (tertiary alicyclic amines) is 1. The van der Waals surface area contributed by atoms with E-state index in [-0.39, 0.29) is 5.69 Å². The third kappa shape index (κ3) is 5.58. The Morgan fingerprint density at radius 3 is 2.59 bits per heavy atom. The number of nitrogens with zero attached hydrogens (tertiary/aromatic N) is 1. The number of halogens is 2. The molecule has 3 rings (SSSR count). The first-order chi connectivity index (χ1) is 13.0. The molecule has 5 nitrogen and oxygen atoms in total. The maximum Gasteiger partial charge on any atom is 0.313 e. The summed E-state index contributed by atoms with van der Waals surface area (Å²) in [6.45, 7) is 3.25. The van der Waals surface area contributed by atoms with Crippen LogP contribution in [0.5, 0.6) is 0 Å². The molecule has 1 aromatic heterocycles. The summed E-state index contributed by atoms with van der Waals surface area (Å²) in [5.74, 6) is -3.14. The predicted octanol–water partition coefficient (Wildman–Crippen LogP) is 2.99. The minimum absolute atomic E-state index is 0.224. The summed E-state index contributed by atoms with van der Waals surface area (Å²) in [4.78, 5) is 27.5. The van der Waals surface area contributed by atoms with Gasteiger partial charge in [-0.3, -0.25) is 14.5 Å². The molecule has 1 aromatic carbocycles. The molecule has 8 heteroatoms. The number of hydrogen-bond donors (Lipinski definition) is 2. The van der Waals surface area contributed by atoms with Gasteiger partial charge in [0.05, 0.1) is 5.69 Å². The second kappa shape index (κ2) is 9.05. The zero-order valence-electron chi connectivity index (χ0n) is 14.7. The summed E-state index contributed by atoms with van der Waals surface area (Å²) in [6, 6.07) is 6.92. The molecule has 2 amide bonds. The Balaban J connectivity index is 1.39. The number of amides is 2. The van der Waals surface area contributed by atoms with Crippen molar-refractivity contribution in [1.29, 1.82) is 0 Å². The maximum atomic E-state index is 13.5. The van der Waals surface area contributed by atoms with Crippen molar-refractivity contribution in [2.75, 3.05) is 25.0 Å². The Morgan fingerprint density at radius 2 is 1.93 bits per heavy atom. The Bertz CT molecular complexity index is 790. The van der Waals surface area contributed by atoms with Crippen LogP contribution in [0.1, 0.15) is 17.7 Å². The fourth-order valence-corrected chi connectivity index (χ4v) is 3.81. The molecule has 0 atom stereocenters. The van der Waals surface area contributed by atoms with Gasteiger partial charge in [0.15, 0.2) is 0 Å². The molecule has 144 valence electrons. The van der Waals surface area contributed by atoms with Gasteiger partial charge in [-0.25, -0.2) is 8.78 Å². The van der Waals surface area contributed by atoms with Crippen LogP contribution in [-0.2, 0) is 16.1 Å². The Hall–Kier alpha value is -2.32. The van der Waals surface area contributed by atoms with Crippen molar-refractivity contribution in [2.45, 2.75) is 19.4 Å². The summed E-state index contributed by atoms with van der Waals surface area (Å²) in [5, 5.41) is 6.83. The van der Waals surface area contributed by atoms with E-state index in [0.717, 1.165) is 44.6 Å². The van der Waals surface area contributed by atoms with Gasteiger partial charge in [-0.1, -0.05) is 6.07 Å². The normalized spacial score (nSPS) is 15.5. The SMILES string of the molecule is O=C(NCC1CCN(Cc2cccs2)CC1)C(=O)Nc1ccc(F)cc1F. The number of anilines is 1. The Morgan fingerprint density at radius 1 is 1.15 bits per heavy atom. The number of carbonyl (C=O) groups is 2. The maximum absolute atomic E-state index is 13.5. The zero-order chi connectivity index (χ0) is 19.2. The van der Waals surface area contributed by atoms with Gasteiger partial charge in [0, 0.05) is 24.0 Å². The van der Waals surface area contributed by atoms with Crippen LogP contribution in [0.4, 0.5) is 14.5 Å². The largest absolute Gasteiger partial charge is 0.348 e. The van der Waals surface area contributed by atoms with E-state index in [0.29, 0.717) is 18.5 Å². The van der Waals surface area contributed by atoms with E-state index in [4.69, 9.17) is 0 Å². The molecule has 0 bridgehead atoms. The molecule has 27 heavy (non-hydrogen) atoms. The van der Waals surface area contributed by atoms with Crippen molar-refractivity contribution < 1.29 is 18.4 Å². The molecule has 2 aromatic rings. The summed E-state index contributed by atoms with van der Waals surface area (Å²) in [6.07, 6.45) is 1.89. The number of nitrogens with one attached hydrogen (secondary N) is 2. The van der Waals surface area contributed by atoms with Gasteiger partial charge in [-0.05, 0) is 55.4 Å². The molecule has 0 spiro atoms. The topological polar surface area (TPSA) is 61.4 Å². The van der Waals surface area contributed by atoms with E-state index >= 15 is 0 Å². The fraction of sp³-hybridized carbons (Fsp3) is 0.368. The van der Waals surface area contributed by atoms with Gasteiger partial charge in [0.1, 0.15) is 11.6 Å². The number of thiophene rings is 1. The first-order valence-electron chi connectivity index (χ1n) is 8.80. The lowest BCUT2D eigenvalue weighted by Gasteiger charge is -2.31. The molecule has 0 radical (unpaired) electrons. The van der Waals surface area contributed by atoms with Gasteiger partial charge in [0.25, 0.3) is 0 Å². The molecule has 0 saturated carbocycles. The van der Waals surface area contributed by atoms with E-state index in [9.17, 15) is 18.4 Å². The summed E-state index contributed by atoms with van der Waals surface area (Å²) in [7, 11) is 0. The van der Waals surface area contributed by atoms with Crippen LogP contribution >= 0.6 is 11.3 Å². The highest BCUT2D eigenvalue weighted by atomic mass is 32.1. The van der Waals surface area contributed by atoms with Gasteiger partial charge in [-0.2, -0.15) is 0 Å². The molecule has 1 aliphatic heterocycles. The molecule has 0 unspecified atom stereocenters. The lowest BCUT2D eigenvalue weighted by molar-refractivity contribution is -0.136. The van der Waals surface area contributed by atoms with Crippen molar-refractivity contribution in [3.05, 3.63) is 52.2 Å². The number of hydrogen-bond acceptors (Lipinski definition) is 4. The van der Waals surface area contributed by atoms with Crippen LogP contribution in [0.3, 0.4) is 0 Å². The zero-order valence-corrected chi connectivity index (χ0v) is 15.5. The van der Waals surface area contributed by atoms with Crippen molar-refractivity contribution in [2.24, 2.45) is 5.92 Å². The molecule has 1 saturated heterocycles. The number of benzene rings is 1. The number of piperidine rings is 1. The highest BCUT2D eigenvalue weighted by molar-refractivity contribution is 7.09. The van der Waals surface area contributed by atoms with Crippen molar-refractivity contribution in [3.8, 4) is 0 Å². The molecule has 0 aliphatic carbocycles.